The molecule has 5 nitrogen and oxygen atoms in total. The molecule has 3 N–H and O–H groups in total. The van der Waals surface area contributed by atoms with Gasteiger partial charge in [-0.05, 0) is 30.3 Å². The van der Waals surface area contributed by atoms with Crippen molar-refractivity contribution in [1.29, 1.82) is 0 Å². The Balaban J connectivity index is 1.66. The molecule has 0 aliphatic carbocycles. The van der Waals surface area contributed by atoms with Crippen LogP contribution in [0.25, 0.3) is 0 Å². The lowest BCUT2D eigenvalue weighted by molar-refractivity contribution is -0.122. The first-order chi connectivity index (χ1) is 10.6. The molecule has 1 aliphatic heterocycles. The van der Waals surface area contributed by atoms with E-state index in [0.29, 0.717) is 5.69 Å². The summed E-state index contributed by atoms with van der Waals surface area (Å²) < 4.78 is 0.882. The number of benzene rings is 2. The number of fused-ring (bicyclic) bond motifs is 1. The molecule has 1 aliphatic rings. The summed E-state index contributed by atoms with van der Waals surface area (Å²) in [5.74, 6) is -0.423. The van der Waals surface area contributed by atoms with Gasteiger partial charge in [0.15, 0.2) is 0 Å². The van der Waals surface area contributed by atoms with Crippen molar-refractivity contribution in [1.82, 2.24) is 0 Å². The van der Waals surface area contributed by atoms with Crippen LogP contribution in [0.3, 0.4) is 0 Å². The molecule has 0 aromatic heterocycles. The highest BCUT2D eigenvalue weighted by Gasteiger charge is 2.27. The molecular weight excluding hydrogens is 346 g/mol. The quantitative estimate of drug-likeness (QED) is 0.787. The van der Waals surface area contributed by atoms with Gasteiger partial charge in [0.2, 0.25) is 11.8 Å². The normalized spacial score (nSPS) is 16.2. The summed E-state index contributed by atoms with van der Waals surface area (Å²) in [6.07, 6.45) is 0.0622. The third kappa shape index (κ3) is 3.28. The van der Waals surface area contributed by atoms with Gasteiger partial charge in [-0.15, -0.1) is 0 Å². The van der Waals surface area contributed by atoms with Crippen LogP contribution in [0, 0.1) is 0 Å². The third-order valence-electron chi connectivity index (χ3n) is 3.33. The van der Waals surface area contributed by atoms with Crippen LogP contribution in [0.4, 0.5) is 17.1 Å². The molecule has 2 amide bonds. The van der Waals surface area contributed by atoms with E-state index in [-0.39, 0.29) is 18.2 Å². The predicted octanol–water partition coefficient (Wildman–Crippen LogP) is 3.21. The monoisotopic (exact) mass is 359 g/mol. The second-order valence-corrected chi connectivity index (χ2v) is 5.91. The third-order valence-corrected chi connectivity index (χ3v) is 3.82. The van der Waals surface area contributed by atoms with Gasteiger partial charge in [-0.25, -0.2) is 0 Å². The molecule has 0 fully saturated rings. The largest absolute Gasteiger partial charge is 0.372 e. The lowest BCUT2D eigenvalue weighted by Crippen LogP contribution is -2.41. The van der Waals surface area contributed by atoms with Gasteiger partial charge in [0.25, 0.3) is 0 Å². The highest BCUT2D eigenvalue weighted by Crippen LogP contribution is 2.26. The molecule has 0 saturated carbocycles. The molecule has 0 saturated heterocycles. The number of carbonyl (C=O) groups excluding carboxylic acids is 2. The number of rotatable bonds is 3. The van der Waals surface area contributed by atoms with E-state index >= 15 is 0 Å². The molecule has 1 atom stereocenters. The highest BCUT2D eigenvalue weighted by atomic mass is 79.9. The maximum Gasteiger partial charge on any atom is 0.247 e. The van der Waals surface area contributed by atoms with Crippen molar-refractivity contribution in [3.05, 3.63) is 53.0 Å². The van der Waals surface area contributed by atoms with E-state index in [0.717, 1.165) is 15.8 Å². The molecule has 112 valence electrons. The first kappa shape index (κ1) is 14.6. The summed E-state index contributed by atoms with van der Waals surface area (Å²) >= 11 is 3.35. The van der Waals surface area contributed by atoms with E-state index < -0.39 is 6.04 Å². The summed E-state index contributed by atoms with van der Waals surface area (Å²) in [5.41, 5.74) is 2.24. The van der Waals surface area contributed by atoms with E-state index in [1.54, 1.807) is 6.07 Å². The molecule has 0 spiro atoms. The molecular formula is C16H14BrN3O2. The number of hydrogen-bond donors (Lipinski definition) is 3. The molecule has 0 bridgehead atoms. The first-order valence-corrected chi connectivity index (χ1v) is 7.63. The van der Waals surface area contributed by atoms with Gasteiger partial charge in [0.1, 0.15) is 6.04 Å². The standard InChI is InChI=1S/C16H14BrN3O2/c17-10-4-3-5-11(8-10)18-15(21)9-14-16(22)20-13-7-2-1-6-12(13)19-14/h1-8,14,19H,9H2,(H,18,21)(H,20,22)/t14-/m0/s1. The Hall–Kier alpha value is -2.34. The number of para-hydroxylation sites is 2. The van der Waals surface area contributed by atoms with Crippen LogP contribution in [-0.2, 0) is 9.59 Å². The first-order valence-electron chi connectivity index (χ1n) is 6.84. The number of nitrogens with one attached hydrogen (secondary N) is 3. The van der Waals surface area contributed by atoms with Crippen LogP contribution in [0.5, 0.6) is 0 Å². The zero-order valence-corrected chi connectivity index (χ0v) is 13.2. The fraction of sp³-hybridized carbons (Fsp3) is 0.125. The number of halogens is 1. The van der Waals surface area contributed by atoms with Crippen molar-refractivity contribution < 1.29 is 9.59 Å². The summed E-state index contributed by atoms with van der Waals surface area (Å²) in [4.78, 5) is 24.1. The summed E-state index contributed by atoms with van der Waals surface area (Å²) in [6.45, 7) is 0. The summed E-state index contributed by atoms with van der Waals surface area (Å²) in [7, 11) is 0. The van der Waals surface area contributed by atoms with Gasteiger partial charge < -0.3 is 16.0 Å². The van der Waals surface area contributed by atoms with Crippen molar-refractivity contribution in [2.75, 3.05) is 16.0 Å². The molecule has 2 aromatic rings. The van der Waals surface area contributed by atoms with Crippen molar-refractivity contribution in [2.45, 2.75) is 12.5 Å². The number of hydrogen-bond acceptors (Lipinski definition) is 3. The molecule has 6 heteroatoms. The van der Waals surface area contributed by atoms with Crippen LogP contribution >= 0.6 is 15.9 Å². The van der Waals surface area contributed by atoms with E-state index in [9.17, 15) is 9.59 Å². The lowest BCUT2D eigenvalue weighted by Gasteiger charge is -2.26. The molecule has 3 rings (SSSR count). The van der Waals surface area contributed by atoms with Gasteiger partial charge in [0, 0.05) is 10.2 Å². The lowest BCUT2D eigenvalue weighted by atomic mass is 10.1. The van der Waals surface area contributed by atoms with Gasteiger partial charge in [-0.2, -0.15) is 0 Å². The number of carbonyl (C=O) groups is 2. The van der Waals surface area contributed by atoms with Gasteiger partial charge in [-0.1, -0.05) is 34.1 Å². The zero-order valence-electron chi connectivity index (χ0n) is 11.6. The zero-order chi connectivity index (χ0) is 15.5. The number of amides is 2. The average molecular weight is 360 g/mol. The Morgan fingerprint density at radius 2 is 1.91 bits per heavy atom. The smallest absolute Gasteiger partial charge is 0.247 e. The molecule has 2 aromatic carbocycles. The minimum atomic E-state index is -0.581. The van der Waals surface area contributed by atoms with Crippen molar-refractivity contribution in [3.8, 4) is 0 Å². The Morgan fingerprint density at radius 1 is 1.14 bits per heavy atom. The second kappa shape index (κ2) is 6.19. The minimum absolute atomic E-state index is 0.0622. The molecule has 0 unspecified atom stereocenters. The van der Waals surface area contributed by atoms with Crippen molar-refractivity contribution in [2.24, 2.45) is 0 Å². The van der Waals surface area contributed by atoms with Gasteiger partial charge in [-0.3, -0.25) is 9.59 Å². The maximum absolute atomic E-state index is 12.1. The van der Waals surface area contributed by atoms with Crippen LogP contribution in [0.15, 0.2) is 53.0 Å². The Kier molecular flexibility index (Phi) is 4.11. The minimum Gasteiger partial charge on any atom is -0.372 e. The highest BCUT2D eigenvalue weighted by molar-refractivity contribution is 9.10. The van der Waals surface area contributed by atoms with Gasteiger partial charge >= 0.3 is 0 Å². The van der Waals surface area contributed by atoms with E-state index in [1.165, 1.54) is 0 Å². The van der Waals surface area contributed by atoms with Crippen LogP contribution in [-0.4, -0.2) is 17.9 Å². The van der Waals surface area contributed by atoms with Crippen LogP contribution in [0.1, 0.15) is 6.42 Å². The topological polar surface area (TPSA) is 70.2 Å². The Morgan fingerprint density at radius 3 is 2.68 bits per heavy atom. The van der Waals surface area contributed by atoms with E-state index in [2.05, 4.69) is 31.9 Å². The summed E-state index contributed by atoms with van der Waals surface area (Å²) in [5, 5.41) is 8.68. The van der Waals surface area contributed by atoms with Crippen LogP contribution < -0.4 is 16.0 Å². The Bertz CT molecular complexity index is 733. The average Bonchev–Trinajstić information content (AvgIpc) is 2.48. The SMILES string of the molecule is O=C(C[C@@H]1Nc2ccccc2NC1=O)Nc1cccc(Br)c1. The number of anilines is 3. The van der Waals surface area contributed by atoms with Gasteiger partial charge in [0.05, 0.1) is 17.8 Å². The fourth-order valence-corrected chi connectivity index (χ4v) is 2.70. The van der Waals surface area contributed by atoms with E-state index in [1.807, 2.05) is 42.5 Å². The van der Waals surface area contributed by atoms with Crippen molar-refractivity contribution >= 4 is 44.8 Å². The molecule has 1 heterocycles. The molecule has 0 radical (unpaired) electrons. The van der Waals surface area contributed by atoms with Crippen molar-refractivity contribution in [3.63, 3.8) is 0 Å². The molecule has 22 heavy (non-hydrogen) atoms. The van der Waals surface area contributed by atoms with Crippen LogP contribution in [0.2, 0.25) is 0 Å². The fourth-order valence-electron chi connectivity index (χ4n) is 2.30. The predicted molar refractivity (Wildman–Crippen MR) is 89.9 cm³/mol. The van der Waals surface area contributed by atoms with E-state index in [4.69, 9.17) is 0 Å². The maximum atomic E-state index is 12.1. The second-order valence-electron chi connectivity index (χ2n) is 4.99. The Labute approximate surface area is 136 Å². The summed E-state index contributed by atoms with van der Waals surface area (Å²) in [6, 6.07) is 14.1.